The van der Waals surface area contributed by atoms with E-state index in [1.54, 1.807) is 14.0 Å². The number of hydrogen-bond acceptors (Lipinski definition) is 2. The lowest BCUT2D eigenvalue weighted by Crippen LogP contribution is -2.04. The number of rotatable bonds is 2. The molecule has 0 aliphatic heterocycles. The van der Waals surface area contributed by atoms with Gasteiger partial charge in [-0.3, -0.25) is 0 Å². The highest BCUT2D eigenvalue weighted by atomic mass is 35.5. The molecule has 1 N–H and O–H groups in total. The first-order valence-electron chi connectivity index (χ1n) is 4.93. The minimum atomic E-state index is -0.507. The predicted molar refractivity (Wildman–Crippen MR) is 62.8 cm³/mol. The largest absolute Gasteiger partial charge is 0.495 e. The summed E-state index contributed by atoms with van der Waals surface area (Å²) in [6.07, 6.45) is -0.507. The molecule has 0 spiro atoms. The molecule has 0 aromatic heterocycles. The molecule has 0 bridgehead atoms. The second kappa shape index (κ2) is 4.42. The molecule has 0 saturated heterocycles. The molecular weight excluding hydrogens is 212 g/mol. The summed E-state index contributed by atoms with van der Waals surface area (Å²) >= 11 is 6.18. The molecule has 1 atom stereocenters. The van der Waals surface area contributed by atoms with Crippen molar-refractivity contribution < 1.29 is 9.84 Å². The summed E-state index contributed by atoms with van der Waals surface area (Å²) < 4.78 is 5.26. The Morgan fingerprint density at radius 2 is 1.67 bits per heavy atom. The first-order chi connectivity index (χ1) is 6.91. The van der Waals surface area contributed by atoms with Gasteiger partial charge in [0.2, 0.25) is 0 Å². The smallest absolute Gasteiger partial charge is 0.140 e. The Labute approximate surface area is 95.8 Å². The molecule has 1 unspecified atom stereocenters. The van der Waals surface area contributed by atoms with Gasteiger partial charge in [-0.1, -0.05) is 11.6 Å². The number of hydrogen-bond donors (Lipinski definition) is 1. The topological polar surface area (TPSA) is 29.5 Å². The summed E-state index contributed by atoms with van der Waals surface area (Å²) in [7, 11) is 1.61. The number of benzene rings is 1. The molecule has 1 aromatic carbocycles. The number of ether oxygens (including phenoxy) is 1. The monoisotopic (exact) mass is 228 g/mol. The van der Waals surface area contributed by atoms with Crippen LogP contribution in [0.15, 0.2) is 0 Å². The van der Waals surface area contributed by atoms with Gasteiger partial charge in [-0.25, -0.2) is 0 Å². The molecule has 0 fully saturated rings. The molecule has 0 saturated carbocycles. The molecule has 15 heavy (non-hydrogen) atoms. The van der Waals surface area contributed by atoms with Crippen molar-refractivity contribution in [3.8, 4) is 5.75 Å². The number of halogens is 1. The SMILES string of the molecule is COc1c(C)c(C)c(C(C)O)c(C)c1Cl. The van der Waals surface area contributed by atoms with Gasteiger partial charge in [0.1, 0.15) is 5.75 Å². The molecular formula is C12H17ClO2. The van der Waals surface area contributed by atoms with Crippen molar-refractivity contribution in [2.75, 3.05) is 7.11 Å². The highest BCUT2D eigenvalue weighted by molar-refractivity contribution is 6.33. The van der Waals surface area contributed by atoms with Crippen molar-refractivity contribution in [2.45, 2.75) is 33.8 Å². The van der Waals surface area contributed by atoms with Crippen molar-refractivity contribution in [3.05, 3.63) is 27.3 Å². The van der Waals surface area contributed by atoms with Crippen LogP contribution in [0, 0.1) is 20.8 Å². The summed E-state index contributed by atoms with van der Waals surface area (Å²) in [5, 5.41) is 10.3. The van der Waals surface area contributed by atoms with Gasteiger partial charge in [0.05, 0.1) is 18.2 Å². The van der Waals surface area contributed by atoms with Gasteiger partial charge in [0.25, 0.3) is 0 Å². The van der Waals surface area contributed by atoms with E-state index in [1.807, 2.05) is 20.8 Å². The molecule has 84 valence electrons. The molecule has 0 heterocycles. The van der Waals surface area contributed by atoms with Crippen LogP contribution < -0.4 is 4.74 Å². The van der Waals surface area contributed by atoms with Gasteiger partial charge in [-0.2, -0.15) is 0 Å². The van der Waals surface area contributed by atoms with Gasteiger partial charge < -0.3 is 9.84 Å². The third kappa shape index (κ3) is 1.97. The van der Waals surface area contributed by atoms with Crippen molar-refractivity contribution >= 4 is 11.6 Å². The highest BCUT2D eigenvalue weighted by Crippen LogP contribution is 2.38. The zero-order valence-corrected chi connectivity index (χ0v) is 10.6. The molecule has 0 aliphatic carbocycles. The third-order valence-corrected chi connectivity index (χ3v) is 3.32. The predicted octanol–water partition coefficient (Wildman–Crippen LogP) is 3.33. The van der Waals surface area contributed by atoms with Crippen LogP contribution in [0.2, 0.25) is 5.02 Å². The Bertz CT molecular complexity index is 355. The summed E-state index contributed by atoms with van der Waals surface area (Å²) in [4.78, 5) is 0. The first-order valence-corrected chi connectivity index (χ1v) is 5.30. The van der Waals surface area contributed by atoms with Crippen molar-refractivity contribution in [1.82, 2.24) is 0 Å². The second-order valence-electron chi connectivity index (χ2n) is 3.81. The second-order valence-corrected chi connectivity index (χ2v) is 4.19. The van der Waals surface area contributed by atoms with E-state index in [0.717, 1.165) is 22.3 Å². The van der Waals surface area contributed by atoms with Gasteiger partial charge in [-0.05, 0) is 49.9 Å². The van der Waals surface area contributed by atoms with Crippen LogP contribution >= 0.6 is 11.6 Å². The lowest BCUT2D eigenvalue weighted by Gasteiger charge is -2.19. The minimum absolute atomic E-state index is 0.507. The van der Waals surface area contributed by atoms with E-state index in [9.17, 15) is 5.11 Å². The van der Waals surface area contributed by atoms with E-state index in [1.165, 1.54) is 0 Å². The van der Waals surface area contributed by atoms with E-state index in [0.29, 0.717) is 10.8 Å². The lowest BCUT2D eigenvalue weighted by molar-refractivity contribution is 0.197. The maximum atomic E-state index is 9.70. The molecule has 0 radical (unpaired) electrons. The van der Waals surface area contributed by atoms with Crippen LogP contribution in [0.25, 0.3) is 0 Å². The van der Waals surface area contributed by atoms with Gasteiger partial charge in [0.15, 0.2) is 0 Å². The summed E-state index contributed by atoms with van der Waals surface area (Å²) in [6, 6.07) is 0. The van der Waals surface area contributed by atoms with Gasteiger partial charge in [0, 0.05) is 0 Å². The fraction of sp³-hybridized carbons (Fsp3) is 0.500. The van der Waals surface area contributed by atoms with E-state index in [2.05, 4.69) is 0 Å². The summed E-state index contributed by atoms with van der Waals surface area (Å²) in [5.41, 5.74) is 3.83. The van der Waals surface area contributed by atoms with Crippen LogP contribution in [0.1, 0.15) is 35.3 Å². The Hall–Kier alpha value is -0.730. The summed E-state index contributed by atoms with van der Waals surface area (Å²) in [5.74, 6) is 0.705. The Morgan fingerprint density at radius 3 is 2.07 bits per heavy atom. The van der Waals surface area contributed by atoms with Crippen molar-refractivity contribution in [1.29, 1.82) is 0 Å². The van der Waals surface area contributed by atoms with Crippen LogP contribution in [0.5, 0.6) is 5.75 Å². The van der Waals surface area contributed by atoms with Crippen LogP contribution in [-0.4, -0.2) is 12.2 Å². The average Bonchev–Trinajstić information content (AvgIpc) is 2.16. The molecule has 1 aromatic rings. The summed E-state index contributed by atoms with van der Waals surface area (Å²) in [6.45, 7) is 7.57. The maximum Gasteiger partial charge on any atom is 0.140 e. The Balaban J connectivity index is 3.59. The number of aliphatic hydroxyl groups excluding tert-OH is 1. The zero-order valence-electron chi connectivity index (χ0n) is 9.81. The van der Waals surface area contributed by atoms with Crippen molar-refractivity contribution in [3.63, 3.8) is 0 Å². The Morgan fingerprint density at radius 1 is 1.13 bits per heavy atom. The average molecular weight is 229 g/mol. The van der Waals surface area contributed by atoms with Crippen LogP contribution in [-0.2, 0) is 0 Å². The lowest BCUT2D eigenvalue weighted by atomic mass is 9.94. The zero-order chi connectivity index (χ0) is 11.7. The molecule has 0 amide bonds. The maximum absolute atomic E-state index is 9.70. The molecule has 3 heteroatoms. The van der Waals surface area contributed by atoms with E-state index in [4.69, 9.17) is 16.3 Å². The van der Waals surface area contributed by atoms with Gasteiger partial charge in [-0.15, -0.1) is 0 Å². The molecule has 1 rings (SSSR count). The number of aliphatic hydroxyl groups is 1. The van der Waals surface area contributed by atoms with E-state index in [-0.39, 0.29) is 0 Å². The Kier molecular flexibility index (Phi) is 3.63. The van der Waals surface area contributed by atoms with E-state index >= 15 is 0 Å². The highest BCUT2D eigenvalue weighted by Gasteiger charge is 2.18. The third-order valence-electron chi connectivity index (χ3n) is 2.86. The molecule has 0 aliphatic rings. The fourth-order valence-corrected chi connectivity index (χ4v) is 2.30. The normalized spacial score (nSPS) is 12.7. The fourth-order valence-electron chi connectivity index (χ4n) is 1.98. The van der Waals surface area contributed by atoms with Crippen molar-refractivity contribution in [2.24, 2.45) is 0 Å². The standard InChI is InChI=1S/C12H17ClO2/c1-6-7(2)12(15-5)11(13)8(3)10(6)9(4)14/h9,14H,1-5H3. The first kappa shape index (κ1) is 12.3. The van der Waals surface area contributed by atoms with Crippen LogP contribution in [0.4, 0.5) is 0 Å². The molecule has 2 nitrogen and oxygen atoms in total. The van der Waals surface area contributed by atoms with E-state index < -0.39 is 6.10 Å². The van der Waals surface area contributed by atoms with Crippen LogP contribution in [0.3, 0.4) is 0 Å². The minimum Gasteiger partial charge on any atom is -0.495 e. The number of methoxy groups -OCH3 is 1. The quantitative estimate of drug-likeness (QED) is 0.842. The van der Waals surface area contributed by atoms with Gasteiger partial charge >= 0.3 is 0 Å².